The molecule has 4 nitrogen and oxygen atoms in total. The molecule has 1 rings (SSSR count). The topological polar surface area (TPSA) is 73.0 Å². The molecule has 0 bridgehead atoms. The highest BCUT2D eigenvalue weighted by molar-refractivity contribution is 8.13. The molecule has 0 aliphatic carbocycles. The Kier molecular flexibility index (Phi) is 3.10. The number of anilines is 1. The smallest absolute Gasteiger partial charge is 0.279 e. The lowest BCUT2D eigenvalue weighted by Crippen LogP contribution is -2.07. The van der Waals surface area contributed by atoms with E-state index >= 15 is 0 Å². The van der Waals surface area contributed by atoms with Crippen molar-refractivity contribution in [2.75, 3.05) is 5.73 Å². The standard InChI is InChI=1S/C6H4ClF3N2O2S/c7-15(13,14)6-3(5(9)10)4(8)2(11)1-12-6/h1,5H,11H2. The number of hydrogen-bond donors (Lipinski definition) is 1. The summed E-state index contributed by atoms with van der Waals surface area (Å²) in [6.45, 7) is 0. The zero-order chi connectivity index (χ0) is 11.8. The monoisotopic (exact) mass is 260 g/mol. The highest BCUT2D eigenvalue weighted by Gasteiger charge is 2.28. The van der Waals surface area contributed by atoms with Gasteiger partial charge in [-0.05, 0) is 0 Å². The first kappa shape index (κ1) is 12.1. The number of pyridine rings is 1. The zero-order valence-electron chi connectivity index (χ0n) is 6.92. The minimum absolute atomic E-state index is 0.608. The largest absolute Gasteiger partial charge is 0.395 e. The summed E-state index contributed by atoms with van der Waals surface area (Å²) in [4.78, 5) is 3.07. The average Bonchev–Trinajstić information content (AvgIpc) is 2.06. The van der Waals surface area contributed by atoms with E-state index in [1.54, 1.807) is 0 Å². The van der Waals surface area contributed by atoms with Crippen LogP contribution in [0.2, 0.25) is 0 Å². The maximum Gasteiger partial charge on any atom is 0.279 e. The molecule has 84 valence electrons. The van der Waals surface area contributed by atoms with Gasteiger partial charge in [0.2, 0.25) is 0 Å². The Morgan fingerprint density at radius 2 is 2.00 bits per heavy atom. The Morgan fingerprint density at radius 3 is 2.40 bits per heavy atom. The summed E-state index contributed by atoms with van der Waals surface area (Å²) in [6.07, 6.45) is -2.76. The van der Waals surface area contributed by atoms with Gasteiger partial charge in [0.1, 0.15) is 0 Å². The van der Waals surface area contributed by atoms with Crippen LogP contribution in [0.25, 0.3) is 0 Å². The van der Waals surface area contributed by atoms with Crippen molar-refractivity contribution in [3.63, 3.8) is 0 Å². The molecule has 1 aromatic rings. The maximum absolute atomic E-state index is 13.1. The Balaban J connectivity index is 3.62. The van der Waals surface area contributed by atoms with Crippen LogP contribution in [-0.4, -0.2) is 13.4 Å². The van der Waals surface area contributed by atoms with Crippen LogP contribution in [0.15, 0.2) is 11.2 Å². The molecule has 0 radical (unpaired) electrons. The fraction of sp³-hybridized carbons (Fsp3) is 0.167. The fourth-order valence-corrected chi connectivity index (χ4v) is 1.88. The van der Waals surface area contributed by atoms with E-state index in [2.05, 4.69) is 4.98 Å². The Morgan fingerprint density at radius 1 is 1.47 bits per heavy atom. The highest BCUT2D eigenvalue weighted by Crippen LogP contribution is 2.31. The SMILES string of the molecule is Nc1cnc(S(=O)(=O)Cl)c(C(F)F)c1F. The van der Waals surface area contributed by atoms with E-state index in [-0.39, 0.29) is 0 Å². The number of nitrogen functional groups attached to an aromatic ring is 1. The lowest BCUT2D eigenvalue weighted by molar-refractivity contribution is 0.142. The van der Waals surface area contributed by atoms with Crippen LogP contribution in [0.4, 0.5) is 18.9 Å². The molecule has 9 heteroatoms. The van der Waals surface area contributed by atoms with Crippen molar-refractivity contribution in [1.29, 1.82) is 0 Å². The molecule has 0 amide bonds. The molecule has 1 heterocycles. The fourth-order valence-electron chi connectivity index (χ4n) is 0.887. The second-order valence-electron chi connectivity index (χ2n) is 2.48. The Bertz CT molecular complexity index is 491. The minimum Gasteiger partial charge on any atom is -0.395 e. The van der Waals surface area contributed by atoms with Crippen LogP contribution in [0.5, 0.6) is 0 Å². The number of halogens is 4. The third-order valence-electron chi connectivity index (χ3n) is 1.49. The quantitative estimate of drug-likeness (QED) is 0.821. The highest BCUT2D eigenvalue weighted by atomic mass is 35.7. The number of nitrogens with two attached hydrogens (primary N) is 1. The molecule has 0 aliphatic rings. The van der Waals surface area contributed by atoms with Gasteiger partial charge in [-0.25, -0.2) is 26.6 Å². The van der Waals surface area contributed by atoms with Gasteiger partial charge in [0.25, 0.3) is 15.5 Å². The van der Waals surface area contributed by atoms with Crippen molar-refractivity contribution < 1.29 is 21.6 Å². The van der Waals surface area contributed by atoms with Gasteiger partial charge in [-0.2, -0.15) is 0 Å². The molecule has 0 unspecified atom stereocenters. The van der Waals surface area contributed by atoms with Crippen molar-refractivity contribution in [3.05, 3.63) is 17.6 Å². The minimum atomic E-state index is -4.53. The molecule has 0 spiro atoms. The molecule has 15 heavy (non-hydrogen) atoms. The van der Waals surface area contributed by atoms with Gasteiger partial charge < -0.3 is 5.73 Å². The molecule has 1 aromatic heterocycles. The number of aromatic nitrogens is 1. The summed E-state index contributed by atoms with van der Waals surface area (Å²) in [5, 5.41) is -1.22. The lowest BCUT2D eigenvalue weighted by Gasteiger charge is -2.07. The summed E-state index contributed by atoms with van der Waals surface area (Å²) in [6, 6.07) is 0. The van der Waals surface area contributed by atoms with E-state index in [1.165, 1.54) is 0 Å². The molecule has 0 saturated heterocycles. The third kappa shape index (κ3) is 2.32. The van der Waals surface area contributed by atoms with Gasteiger partial charge in [-0.1, -0.05) is 0 Å². The van der Waals surface area contributed by atoms with Crippen molar-refractivity contribution in [3.8, 4) is 0 Å². The van der Waals surface area contributed by atoms with Crippen LogP contribution in [-0.2, 0) is 9.05 Å². The van der Waals surface area contributed by atoms with E-state index in [0.717, 1.165) is 0 Å². The van der Waals surface area contributed by atoms with Crippen molar-refractivity contribution in [2.45, 2.75) is 11.5 Å². The van der Waals surface area contributed by atoms with E-state index in [0.29, 0.717) is 6.20 Å². The van der Waals surface area contributed by atoms with E-state index in [4.69, 9.17) is 16.4 Å². The van der Waals surface area contributed by atoms with E-state index in [1.807, 2.05) is 0 Å². The number of alkyl halides is 2. The van der Waals surface area contributed by atoms with Gasteiger partial charge >= 0.3 is 0 Å². The molecule has 2 N–H and O–H groups in total. The van der Waals surface area contributed by atoms with Crippen LogP contribution < -0.4 is 5.73 Å². The van der Waals surface area contributed by atoms with Gasteiger partial charge in [0.15, 0.2) is 10.8 Å². The first-order valence-electron chi connectivity index (χ1n) is 3.42. The summed E-state index contributed by atoms with van der Waals surface area (Å²) in [5.74, 6) is -1.53. The predicted octanol–water partition coefficient (Wildman–Crippen LogP) is 1.67. The summed E-state index contributed by atoms with van der Waals surface area (Å²) < 4.78 is 59.3. The summed E-state index contributed by atoms with van der Waals surface area (Å²) >= 11 is 0. The van der Waals surface area contributed by atoms with Crippen LogP contribution in [0, 0.1) is 5.82 Å². The van der Waals surface area contributed by atoms with Gasteiger partial charge in [0.05, 0.1) is 17.4 Å². The Labute approximate surface area is 87.3 Å². The number of hydrogen-bond acceptors (Lipinski definition) is 4. The predicted molar refractivity (Wildman–Crippen MR) is 46.6 cm³/mol. The molecule has 0 atom stereocenters. The van der Waals surface area contributed by atoms with Crippen molar-refractivity contribution >= 4 is 25.4 Å². The van der Waals surface area contributed by atoms with Crippen LogP contribution >= 0.6 is 10.7 Å². The third-order valence-corrected chi connectivity index (χ3v) is 2.72. The number of nitrogens with zero attached hydrogens (tertiary/aromatic N) is 1. The second-order valence-corrected chi connectivity index (χ2v) is 4.97. The van der Waals surface area contributed by atoms with Crippen LogP contribution in [0.1, 0.15) is 12.0 Å². The van der Waals surface area contributed by atoms with Gasteiger partial charge in [-0.3, -0.25) is 0 Å². The van der Waals surface area contributed by atoms with Crippen molar-refractivity contribution in [1.82, 2.24) is 4.98 Å². The average molecular weight is 261 g/mol. The Hall–Kier alpha value is -1.02. The summed E-state index contributed by atoms with van der Waals surface area (Å²) in [5.41, 5.74) is 2.88. The first-order valence-corrected chi connectivity index (χ1v) is 5.72. The van der Waals surface area contributed by atoms with Crippen molar-refractivity contribution in [2.24, 2.45) is 0 Å². The second kappa shape index (κ2) is 3.86. The molecule has 0 aromatic carbocycles. The molecular formula is C6H4ClF3N2O2S. The lowest BCUT2D eigenvalue weighted by atomic mass is 10.2. The van der Waals surface area contributed by atoms with Gasteiger partial charge in [0, 0.05) is 10.7 Å². The molecular weight excluding hydrogens is 257 g/mol. The molecule has 0 aliphatic heterocycles. The zero-order valence-corrected chi connectivity index (χ0v) is 8.49. The normalized spacial score (nSPS) is 12.1. The van der Waals surface area contributed by atoms with Crippen LogP contribution in [0.3, 0.4) is 0 Å². The van der Waals surface area contributed by atoms with Gasteiger partial charge in [-0.15, -0.1) is 0 Å². The molecule has 0 saturated carbocycles. The van der Waals surface area contributed by atoms with E-state index in [9.17, 15) is 21.6 Å². The van der Waals surface area contributed by atoms with E-state index < -0.39 is 37.6 Å². The maximum atomic E-state index is 13.1. The summed E-state index contributed by atoms with van der Waals surface area (Å²) in [7, 11) is 0.269. The first-order chi connectivity index (χ1) is 6.75. The molecule has 0 fully saturated rings. The number of rotatable bonds is 2.